The molecule has 90 valence electrons. The Morgan fingerprint density at radius 1 is 1.27 bits per heavy atom. The minimum absolute atomic E-state index is 0.629. The molecule has 2 unspecified atom stereocenters. The maximum absolute atomic E-state index is 5.41. The second-order valence-corrected chi connectivity index (χ2v) is 4.71. The third kappa shape index (κ3) is 4.49. The molecule has 1 aliphatic carbocycles. The zero-order valence-electron chi connectivity index (χ0n) is 10.2. The highest BCUT2D eigenvalue weighted by Crippen LogP contribution is 2.26. The standard InChI is InChI=1S/C12H26N2O/c1-11-5-3-4-6-12(11)14(2)8-10-15-9-7-13/h11-12H,3-10,13H2,1-2H3. The summed E-state index contributed by atoms with van der Waals surface area (Å²) in [5, 5.41) is 0. The van der Waals surface area contributed by atoms with E-state index in [1.165, 1.54) is 25.7 Å². The Kier molecular flexibility index (Phi) is 6.22. The van der Waals surface area contributed by atoms with E-state index in [0.29, 0.717) is 13.2 Å². The lowest BCUT2D eigenvalue weighted by Gasteiger charge is -2.36. The Balaban J connectivity index is 2.16. The molecule has 1 fully saturated rings. The number of nitrogens with two attached hydrogens (primary N) is 1. The van der Waals surface area contributed by atoms with Crippen LogP contribution in [0.3, 0.4) is 0 Å². The van der Waals surface area contributed by atoms with Gasteiger partial charge in [0.2, 0.25) is 0 Å². The zero-order valence-corrected chi connectivity index (χ0v) is 10.2. The van der Waals surface area contributed by atoms with Gasteiger partial charge in [-0.2, -0.15) is 0 Å². The van der Waals surface area contributed by atoms with Gasteiger partial charge in [0, 0.05) is 19.1 Å². The number of hydrogen-bond donors (Lipinski definition) is 1. The van der Waals surface area contributed by atoms with Gasteiger partial charge in [-0.3, -0.25) is 0 Å². The quantitative estimate of drug-likeness (QED) is 0.681. The van der Waals surface area contributed by atoms with Crippen LogP contribution in [0.15, 0.2) is 0 Å². The molecule has 3 heteroatoms. The Morgan fingerprint density at radius 2 is 2.00 bits per heavy atom. The normalized spacial score (nSPS) is 27.2. The lowest BCUT2D eigenvalue weighted by atomic mass is 9.85. The molecule has 0 aromatic carbocycles. The largest absolute Gasteiger partial charge is 0.379 e. The monoisotopic (exact) mass is 214 g/mol. The fourth-order valence-corrected chi connectivity index (χ4v) is 2.51. The summed E-state index contributed by atoms with van der Waals surface area (Å²) in [5.41, 5.74) is 5.37. The van der Waals surface area contributed by atoms with Gasteiger partial charge in [-0.05, 0) is 25.8 Å². The first-order valence-electron chi connectivity index (χ1n) is 6.23. The molecule has 0 aromatic heterocycles. The van der Waals surface area contributed by atoms with Crippen LogP contribution < -0.4 is 5.73 Å². The van der Waals surface area contributed by atoms with Crippen molar-refractivity contribution in [2.24, 2.45) is 11.7 Å². The van der Waals surface area contributed by atoms with E-state index in [2.05, 4.69) is 18.9 Å². The summed E-state index contributed by atoms with van der Waals surface area (Å²) in [6.07, 6.45) is 5.55. The molecule has 1 aliphatic rings. The second-order valence-electron chi connectivity index (χ2n) is 4.71. The van der Waals surface area contributed by atoms with Crippen molar-refractivity contribution in [2.45, 2.75) is 38.6 Å². The third-order valence-corrected chi connectivity index (χ3v) is 3.48. The van der Waals surface area contributed by atoms with Crippen molar-refractivity contribution >= 4 is 0 Å². The molecule has 0 bridgehead atoms. The molecule has 0 radical (unpaired) electrons. The third-order valence-electron chi connectivity index (χ3n) is 3.48. The zero-order chi connectivity index (χ0) is 11.1. The molecule has 0 spiro atoms. The minimum Gasteiger partial charge on any atom is -0.379 e. The predicted molar refractivity (Wildman–Crippen MR) is 63.9 cm³/mol. The highest BCUT2D eigenvalue weighted by Gasteiger charge is 2.24. The van der Waals surface area contributed by atoms with Crippen LogP contribution in [-0.2, 0) is 4.74 Å². The van der Waals surface area contributed by atoms with Crippen molar-refractivity contribution in [3.63, 3.8) is 0 Å². The molecule has 15 heavy (non-hydrogen) atoms. The molecule has 1 saturated carbocycles. The maximum Gasteiger partial charge on any atom is 0.0594 e. The van der Waals surface area contributed by atoms with Gasteiger partial charge in [-0.1, -0.05) is 19.8 Å². The van der Waals surface area contributed by atoms with E-state index in [1.807, 2.05) is 0 Å². The average molecular weight is 214 g/mol. The van der Waals surface area contributed by atoms with Crippen LogP contribution in [0.2, 0.25) is 0 Å². The first kappa shape index (κ1) is 12.9. The number of ether oxygens (including phenoxy) is 1. The van der Waals surface area contributed by atoms with Crippen LogP contribution in [-0.4, -0.2) is 44.3 Å². The van der Waals surface area contributed by atoms with Crippen molar-refractivity contribution < 1.29 is 4.74 Å². The first-order valence-corrected chi connectivity index (χ1v) is 6.23. The van der Waals surface area contributed by atoms with Crippen molar-refractivity contribution in [1.82, 2.24) is 4.90 Å². The SMILES string of the molecule is CC1CCCCC1N(C)CCOCCN. The molecule has 0 heterocycles. The summed E-state index contributed by atoms with van der Waals surface area (Å²) < 4.78 is 5.41. The Morgan fingerprint density at radius 3 is 2.67 bits per heavy atom. The van der Waals surface area contributed by atoms with Gasteiger partial charge < -0.3 is 15.4 Å². The lowest BCUT2D eigenvalue weighted by Crippen LogP contribution is -2.40. The van der Waals surface area contributed by atoms with Gasteiger partial charge in [0.25, 0.3) is 0 Å². The molecule has 3 nitrogen and oxygen atoms in total. The van der Waals surface area contributed by atoms with Gasteiger partial charge in [0.05, 0.1) is 13.2 Å². The Labute approximate surface area is 94.0 Å². The highest BCUT2D eigenvalue weighted by atomic mass is 16.5. The van der Waals surface area contributed by atoms with Crippen LogP contribution in [0, 0.1) is 5.92 Å². The predicted octanol–water partition coefficient (Wildman–Crippen LogP) is 1.47. The maximum atomic E-state index is 5.41. The number of likely N-dealkylation sites (N-methyl/N-ethyl adjacent to an activating group) is 1. The minimum atomic E-state index is 0.629. The van der Waals surface area contributed by atoms with Gasteiger partial charge in [-0.15, -0.1) is 0 Å². The molecular weight excluding hydrogens is 188 g/mol. The molecule has 0 amide bonds. The van der Waals surface area contributed by atoms with E-state index in [1.54, 1.807) is 0 Å². The van der Waals surface area contributed by atoms with Gasteiger partial charge >= 0.3 is 0 Å². The smallest absolute Gasteiger partial charge is 0.0594 e. The fourth-order valence-electron chi connectivity index (χ4n) is 2.51. The number of nitrogens with zero attached hydrogens (tertiary/aromatic N) is 1. The van der Waals surface area contributed by atoms with E-state index in [0.717, 1.165) is 25.1 Å². The Bertz CT molecular complexity index is 164. The van der Waals surface area contributed by atoms with Crippen LogP contribution >= 0.6 is 0 Å². The topological polar surface area (TPSA) is 38.5 Å². The van der Waals surface area contributed by atoms with Gasteiger partial charge in [0.15, 0.2) is 0 Å². The summed E-state index contributed by atoms with van der Waals surface area (Å²) in [6, 6.07) is 0.764. The van der Waals surface area contributed by atoms with Crippen LogP contribution in [0.25, 0.3) is 0 Å². The summed E-state index contributed by atoms with van der Waals surface area (Å²) >= 11 is 0. The summed E-state index contributed by atoms with van der Waals surface area (Å²) in [7, 11) is 2.22. The van der Waals surface area contributed by atoms with Crippen molar-refractivity contribution in [3.8, 4) is 0 Å². The molecule has 0 aliphatic heterocycles. The van der Waals surface area contributed by atoms with E-state index in [9.17, 15) is 0 Å². The van der Waals surface area contributed by atoms with Crippen LogP contribution in [0.5, 0.6) is 0 Å². The Hall–Kier alpha value is -0.120. The molecular formula is C12H26N2O. The fraction of sp³-hybridized carbons (Fsp3) is 1.00. The molecule has 1 rings (SSSR count). The first-order chi connectivity index (χ1) is 7.25. The van der Waals surface area contributed by atoms with Gasteiger partial charge in [0.1, 0.15) is 0 Å². The van der Waals surface area contributed by atoms with Crippen LogP contribution in [0.1, 0.15) is 32.6 Å². The molecule has 2 atom stereocenters. The van der Waals surface area contributed by atoms with E-state index >= 15 is 0 Å². The molecule has 0 saturated heterocycles. The van der Waals surface area contributed by atoms with E-state index in [4.69, 9.17) is 10.5 Å². The number of hydrogen-bond acceptors (Lipinski definition) is 3. The summed E-state index contributed by atoms with van der Waals surface area (Å²) in [5.74, 6) is 0.846. The highest BCUT2D eigenvalue weighted by molar-refractivity contribution is 4.79. The second kappa shape index (κ2) is 7.20. The number of rotatable bonds is 6. The molecule has 0 aromatic rings. The van der Waals surface area contributed by atoms with Crippen molar-refractivity contribution in [2.75, 3.05) is 33.4 Å². The lowest BCUT2D eigenvalue weighted by molar-refractivity contribution is 0.0777. The summed E-state index contributed by atoms with van der Waals surface area (Å²) in [6.45, 7) is 5.55. The molecule has 2 N–H and O–H groups in total. The van der Waals surface area contributed by atoms with Crippen LogP contribution in [0.4, 0.5) is 0 Å². The average Bonchev–Trinajstić information content (AvgIpc) is 2.25. The van der Waals surface area contributed by atoms with Crippen molar-refractivity contribution in [3.05, 3.63) is 0 Å². The van der Waals surface area contributed by atoms with E-state index < -0.39 is 0 Å². The van der Waals surface area contributed by atoms with E-state index in [-0.39, 0.29) is 0 Å². The summed E-state index contributed by atoms with van der Waals surface area (Å²) in [4.78, 5) is 2.46. The van der Waals surface area contributed by atoms with Crippen molar-refractivity contribution in [1.29, 1.82) is 0 Å². The van der Waals surface area contributed by atoms with Gasteiger partial charge in [-0.25, -0.2) is 0 Å².